The predicted octanol–water partition coefficient (Wildman–Crippen LogP) is 13.6. The molecule has 0 fully saturated rings. The molecular formula is C49H37N. The van der Waals surface area contributed by atoms with E-state index in [-0.39, 0.29) is 35.3 Å². The van der Waals surface area contributed by atoms with Crippen LogP contribution in [0.4, 0.5) is 17.1 Å². The second-order valence-electron chi connectivity index (χ2n) is 13.5. The molecule has 1 aliphatic carbocycles. The van der Waals surface area contributed by atoms with E-state index in [1.807, 2.05) is 77.7 Å². The number of anilines is 3. The third-order valence-electron chi connectivity index (χ3n) is 10.1. The van der Waals surface area contributed by atoms with Crippen molar-refractivity contribution in [3.05, 3.63) is 199 Å². The number of rotatable bonds is 6. The summed E-state index contributed by atoms with van der Waals surface area (Å²) in [5.74, 6) is 0. The maximum Gasteiger partial charge on any atom is 0.0651 e. The van der Waals surface area contributed by atoms with E-state index < -0.39 is 0 Å². The predicted molar refractivity (Wildman–Crippen MR) is 213 cm³/mol. The van der Waals surface area contributed by atoms with Crippen LogP contribution in [0.15, 0.2) is 188 Å². The van der Waals surface area contributed by atoms with Crippen LogP contribution in [0.1, 0.15) is 30.5 Å². The molecule has 0 saturated heterocycles. The van der Waals surface area contributed by atoms with E-state index in [1.54, 1.807) is 0 Å². The van der Waals surface area contributed by atoms with E-state index >= 15 is 0 Å². The molecular weight excluding hydrogens is 603 g/mol. The minimum absolute atomic E-state index is 0.0416. The Morgan fingerprint density at radius 3 is 1.76 bits per heavy atom. The van der Waals surface area contributed by atoms with Gasteiger partial charge in [-0.3, -0.25) is 0 Å². The standard InChI is InChI=1S/C49H37N/c1-49(2)47-18-9-8-17-45(47)46-30-29-44(33-48(46)49)50(43-16-10-15-40(32-43)41-24-23-35-13-6-7-14-39(35)31-41)42-27-25-38(26-28-42)37-21-19-36(20-22-37)34-11-4-3-5-12-34/h3-33H,1-2H3/i10D,15D,16D,32D. The fourth-order valence-corrected chi connectivity index (χ4v) is 7.46. The van der Waals surface area contributed by atoms with E-state index in [2.05, 4.69) is 105 Å². The molecule has 0 aromatic heterocycles. The third-order valence-corrected chi connectivity index (χ3v) is 10.1. The molecule has 0 heterocycles. The lowest BCUT2D eigenvalue weighted by Gasteiger charge is -2.28. The minimum Gasteiger partial charge on any atom is -0.310 e. The van der Waals surface area contributed by atoms with Crippen molar-refractivity contribution in [2.45, 2.75) is 19.3 Å². The highest BCUT2D eigenvalue weighted by Crippen LogP contribution is 2.50. The molecule has 9 rings (SSSR count). The number of benzene rings is 8. The molecule has 1 heteroatoms. The van der Waals surface area contributed by atoms with E-state index in [9.17, 15) is 2.74 Å². The minimum atomic E-state index is -0.265. The molecule has 8 aromatic carbocycles. The van der Waals surface area contributed by atoms with Crippen LogP contribution in [-0.2, 0) is 5.41 Å². The molecule has 8 aromatic rings. The van der Waals surface area contributed by atoms with Crippen molar-refractivity contribution in [1.82, 2.24) is 0 Å². The molecule has 0 radical (unpaired) electrons. The lowest BCUT2D eigenvalue weighted by molar-refractivity contribution is 0.660. The van der Waals surface area contributed by atoms with Crippen LogP contribution in [0, 0.1) is 0 Å². The smallest absolute Gasteiger partial charge is 0.0651 e. The first-order chi connectivity index (χ1) is 26.2. The zero-order valence-electron chi connectivity index (χ0n) is 32.0. The summed E-state index contributed by atoms with van der Waals surface area (Å²) in [5, 5.41) is 2.04. The first kappa shape index (κ1) is 25.8. The topological polar surface area (TPSA) is 3.24 Å². The van der Waals surface area contributed by atoms with Gasteiger partial charge in [0.2, 0.25) is 0 Å². The van der Waals surface area contributed by atoms with Gasteiger partial charge in [0.1, 0.15) is 0 Å². The second kappa shape index (κ2) is 12.1. The van der Waals surface area contributed by atoms with Gasteiger partial charge in [-0.05, 0) is 109 Å². The molecule has 0 atom stereocenters. The van der Waals surface area contributed by atoms with Crippen molar-refractivity contribution < 1.29 is 5.48 Å². The monoisotopic (exact) mass is 643 g/mol. The summed E-state index contributed by atoms with van der Waals surface area (Å²) < 4.78 is 37.2. The SMILES string of the molecule is [2H]c1c([2H])c(-c2ccc3ccccc3c2)c([2H])c(N(c2ccc(-c3ccc(-c4ccccc4)cc3)cc2)c2ccc3c(c2)C(C)(C)c2ccccc2-3)c1[2H]. The Morgan fingerprint density at radius 1 is 0.420 bits per heavy atom. The highest BCUT2D eigenvalue weighted by atomic mass is 15.1. The van der Waals surface area contributed by atoms with Gasteiger partial charge < -0.3 is 4.90 Å². The van der Waals surface area contributed by atoms with Gasteiger partial charge in [0.15, 0.2) is 0 Å². The largest absolute Gasteiger partial charge is 0.310 e. The summed E-state index contributed by atoms with van der Waals surface area (Å²) in [7, 11) is 0. The zero-order chi connectivity index (χ0) is 37.1. The summed E-state index contributed by atoms with van der Waals surface area (Å²) in [5.41, 5.74) is 11.8. The first-order valence-electron chi connectivity index (χ1n) is 19.1. The Kier molecular flexibility index (Phi) is 6.22. The van der Waals surface area contributed by atoms with Crippen molar-refractivity contribution >= 4 is 27.8 Å². The molecule has 0 saturated carbocycles. The molecule has 1 aliphatic rings. The maximum atomic E-state index is 9.74. The van der Waals surface area contributed by atoms with Gasteiger partial charge in [0.05, 0.1) is 5.48 Å². The average molecular weight is 644 g/mol. The molecule has 0 aliphatic heterocycles. The number of hydrogen-bond donors (Lipinski definition) is 0. The van der Waals surface area contributed by atoms with Gasteiger partial charge in [-0.15, -0.1) is 0 Å². The number of hydrogen-bond acceptors (Lipinski definition) is 1. The molecule has 0 unspecified atom stereocenters. The summed E-state index contributed by atoms with van der Waals surface area (Å²) in [6, 6.07) is 55.4. The van der Waals surface area contributed by atoms with Crippen LogP contribution in [-0.4, -0.2) is 0 Å². The van der Waals surface area contributed by atoms with Crippen LogP contribution in [0.5, 0.6) is 0 Å². The van der Waals surface area contributed by atoms with Gasteiger partial charge in [-0.2, -0.15) is 0 Å². The van der Waals surface area contributed by atoms with Crippen molar-refractivity contribution in [2.24, 2.45) is 0 Å². The molecule has 1 nitrogen and oxygen atoms in total. The highest BCUT2D eigenvalue weighted by Gasteiger charge is 2.35. The average Bonchev–Trinajstić information content (AvgIpc) is 3.44. The third kappa shape index (κ3) is 5.19. The van der Waals surface area contributed by atoms with E-state index in [1.165, 1.54) is 22.3 Å². The Morgan fingerprint density at radius 2 is 1.00 bits per heavy atom. The number of fused-ring (bicyclic) bond motifs is 4. The Balaban J connectivity index is 1.21. The maximum absolute atomic E-state index is 9.74. The fourth-order valence-electron chi connectivity index (χ4n) is 7.46. The molecule has 50 heavy (non-hydrogen) atoms. The lowest BCUT2D eigenvalue weighted by atomic mass is 9.82. The van der Waals surface area contributed by atoms with Crippen LogP contribution >= 0.6 is 0 Å². The van der Waals surface area contributed by atoms with Gasteiger partial charge in [-0.1, -0.05) is 159 Å². The van der Waals surface area contributed by atoms with Crippen molar-refractivity contribution in [1.29, 1.82) is 0 Å². The normalized spacial score (nSPS) is 13.9. The summed E-state index contributed by atoms with van der Waals surface area (Å²) in [6.07, 6.45) is 0. The van der Waals surface area contributed by atoms with Crippen molar-refractivity contribution in [2.75, 3.05) is 4.90 Å². The van der Waals surface area contributed by atoms with Crippen LogP contribution < -0.4 is 4.90 Å². The number of nitrogens with zero attached hydrogens (tertiary/aromatic N) is 1. The Bertz CT molecular complexity index is 2720. The molecule has 0 bridgehead atoms. The van der Waals surface area contributed by atoms with Gasteiger partial charge in [-0.25, -0.2) is 0 Å². The summed E-state index contributed by atoms with van der Waals surface area (Å²) in [6.45, 7) is 4.48. The molecule has 0 spiro atoms. The highest BCUT2D eigenvalue weighted by molar-refractivity contribution is 5.90. The van der Waals surface area contributed by atoms with Crippen LogP contribution in [0.3, 0.4) is 0 Å². The molecule has 0 amide bonds. The van der Waals surface area contributed by atoms with Gasteiger partial charge >= 0.3 is 0 Å². The summed E-state index contributed by atoms with van der Waals surface area (Å²) in [4.78, 5) is 1.94. The summed E-state index contributed by atoms with van der Waals surface area (Å²) >= 11 is 0. The van der Waals surface area contributed by atoms with Crippen LogP contribution in [0.2, 0.25) is 0 Å². The van der Waals surface area contributed by atoms with E-state index in [0.29, 0.717) is 11.1 Å². The van der Waals surface area contributed by atoms with E-state index in [0.717, 1.165) is 44.4 Å². The Hall–Kier alpha value is -6.18. The second-order valence-corrected chi connectivity index (χ2v) is 13.5. The Labute approximate surface area is 300 Å². The van der Waals surface area contributed by atoms with Crippen molar-refractivity contribution in [3.8, 4) is 44.5 Å². The fraction of sp³-hybridized carbons (Fsp3) is 0.0612. The quantitative estimate of drug-likeness (QED) is 0.174. The van der Waals surface area contributed by atoms with Crippen LogP contribution in [0.25, 0.3) is 55.3 Å². The van der Waals surface area contributed by atoms with E-state index in [4.69, 9.17) is 2.74 Å². The van der Waals surface area contributed by atoms with Gasteiger partial charge in [0, 0.05) is 22.5 Å². The van der Waals surface area contributed by atoms with Gasteiger partial charge in [0.25, 0.3) is 0 Å². The lowest BCUT2D eigenvalue weighted by Crippen LogP contribution is -2.16. The zero-order valence-corrected chi connectivity index (χ0v) is 28.0. The molecule has 0 N–H and O–H groups in total. The van der Waals surface area contributed by atoms with Crippen molar-refractivity contribution in [3.63, 3.8) is 0 Å². The first-order valence-corrected chi connectivity index (χ1v) is 17.1. The molecule has 238 valence electrons.